The molecule has 1 aliphatic rings. The Morgan fingerprint density at radius 1 is 1.09 bits per heavy atom. The minimum absolute atomic E-state index is 0.215. The van der Waals surface area contributed by atoms with Crippen LogP contribution in [0.25, 0.3) is 5.69 Å². The third-order valence-corrected chi connectivity index (χ3v) is 5.04. The van der Waals surface area contributed by atoms with Crippen molar-refractivity contribution in [3.05, 3.63) is 47.3 Å². The summed E-state index contributed by atoms with van der Waals surface area (Å²) in [6.07, 6.45) is -3.44. The molecule has 0 radical (unpaired) electrons. The number of piperidine rings is 1. The molecule has 0 saturated carbocycles. The zero-order chi connectivity index (χ0) is 23.7. The minimum Gasteiger partial charge on any atom is -0.444 e. The molecule has 0 bridgehead atoms. The summed E-state index contributed by atoms with van der Waals surface area (Å²) in [5.74, 6) is -0.841. The van der Waals surface area contributed by atoms with Crippen LogP contribution in [0.1, 0.15) is 55.2 Å². The van der Waals surface area contributed by atoms with Gasteiger partial charge in [-0.2, -0.15) is 18.3 Å². The fourth-order valence-electron chi connectivity index (χ4n) is 3.47. The molecule has 3 rings (SSSR count). The van der Waals surface area contributed by atoms with E-state index in [1.807, 2.05) is 6.92 Å². The van der Waals surface area contributed by atoms with E-state index in [2.05, 4.69) is 10.4 Å². The first-order chi connectivity index (χ1) is 14.8. The van der Waals surface area contributed by atoms with Crippen LogP contribution in [0.5, 0.6) is 0 Å². The van der Waals surface area contributed by atoms with Crippen molar-refractivity contribution < 1.29 is 27.5 Å². The van der Waals surface area contributed by atoms with Gasteiger partial charge in [0.05, 0.1) is 17.4 Å². The van der Waals surface area contributed by atoms with E-state index in [1.54, 1.807) is 32.9 Å². The van der Waals surface area contributed by atoms with Gasteiger partial charge in [-0.1, -0.05) is 17.7 Å². The first kappa shape index (κ1) is 23.6. The number of benzene rings is 1. The number of carbonyl (C=O) groups excluding carboxylic acids is 2. The summed E-state index contributed by atoms with van der Waals surface area (Å²) < 4.78 is 47.5. The maximum Gasteiger partial charge on any atom is 0.434 e. The van der Waals surface area contributed by atoms with Crippen molar-refractivity contribution in [3.63, 3.8) is 0 Å². The molecular weight excluding hydrogens is 425 g/mol. The normalized spacial score (nSPS) is 15.5. The molecule has 1 aromatic carbocycles. The minimum atomic E-state index is -4.77. The van der Waals surface area contributed by atoms with Crippen molar-refractivity contribution in [1.29, 1.82) is 0 Å². The molecule has 32 heavy (non-hydrogen) atoms. The number of carbonyl (C=O) groups is 2. The van der Waals surface area contributed by atoms with Crippen LogP contribution in [0.4, 0.5) is 18.0 Å². The van der Waals surface area contributed by atoms with Gasteiger partial charge < -0.3 is 15.0 Å². The molecule has 174 valence electrons. The molecule has 10 heteroatoms. The summed E-state index contributed by atoms with van der Waals surface area (Å²) in [5.41, 5.74) is -1.16. The van der Waals surface area contributed by atoms with E-state index in [0.29, 0.717) is 25.9 Å². The number of nitrogens with zero attached hydrogens (tertiary/aromatic N) is 3. The Morgan fingerprint density at radius 3 is 2.22 bits per heavy atom. The van der Waals surface area contributed by atoms with Crippen LogP contribution in [0, 0.1) is 6.92 Å². The van der Waals surface area contributed by atoms with Gasteiger partial charge in [-0.15, -0.1) is 0 Å². The second-order valence-corrected chi connectivity index (χ2v) is 8.87. The lowest BCUT2D eigenvalue weighted by atomic mass is 10.0. The van der Waals surface area contributed by atoms with E-state index in [4.69, 9.17) is 4.74 Å². The molecule has 0 aliphatic carbocycles. The summed E-state index contributed by atoms with van der Waals surface area (Å²) in [7, 11) is 0. The first-order valence-corrected chi connectivity index (χ1v) is 10.4. The van der Waals surface area contributed by atoms with Crippen molar-refractivity contribution in [2.45, 2.75) is 58.4 Å². The SMILES string of the molecule is Cc1ccc(-n2ncc(C(=O)NC3CCN(C(=O)OC(C)(C)C)CC3)c2C(F)(F)F)cc1. The number of nitrogens with one attached hydrogen (secondary N) is 1. The van der Waals surface area contributed by atoms with Crippen LogP contribution in [0.3, 0.4) is 0 Å². The lowest BCUT2D eigenvalue weighted by Gasteiger charge is -2.33. The number of aromatic nitrogens is 2. The molecular formula is C22H27F3N4O3. The molecule has 1 aromatic heterocycles. The molecule has 0 atom stereocenters. The standard InChI is InChI=1S/C22H27F3N4O3/c1-14-5-7-16(8-6-14)29-18(22(23,24)25)17(13-26-29)19(30)27-15-9-11-28(12-10-15)20(31)32-21(2,3)4/h5-8,13,15H,9-12H2,1-4H3,(H,27,30). The van der Waals surface area contributed by atoms with Crippen molar-refractivity contribution >= 4 is 12.0 Å². The fraction of sp³-hybridized carbons (Fsp3) is 0.500. The van der Waals surface area contributed by atoms with Crippen LogP contribution in [-0.2, 0) is 10.9 Å². The van der Waals surface area contributed by atoms with E-state index in [1.165, 1.54) is 17.0 Å². The van der Waals surface area contributed by atoms with E-state index in [-0.39, 0.29) is 11.7 Å². The largest absolute Gasteiger partial charge is 0.444 e. The molecule has 1 aliphatic heterocycles. The van der Waals surface area contributed by atoms with E-state index >= 15 is 0 Å². The predicted molar refractivity (Wildman–Crippen MR) is 112 cm³/mol. The fourth-order valence-corrected chi connectivity index (χ4v) is 3.47. The van der Waals surface area contributed by atoms with Crippen molar-refractivity contribution in [2.24, 2.45) is 0 Å². The number of hydrogen-bond acceptors (Lipinski definition) is 4. The van der Waals surface area contributed by atoms with Crippen LogP contribution in [-0.4, -0.2) is 51.4 Å². The van der Waals surface area contributed by atoms with Gasteiger partial charge in [0, 0.05) is 19.1 Å². The maximum atomic E-state index is 13.8. The third kappa shape index (κ3) is 5.60. The van der Waals surface area contributed by atoms with Crippen LogP contribution >= 0.6 is 0 Å². The number of halogens is 3. The van der Waals surface area contributed by atoms with Gasteiger partial charge in [-0.25, -0.2) is 9.48 Å². The Morgan fingerprint density at radius 2 is 1.69 bits per heavy atom. The van der Waals surface area contributed by atoms with Crippen LogP contribution in [0.2, 0.25) is 0 Å². The van der Waals surface area contributed by atoms with Gasteiger partial charge >= 0.3 is 12.3 Å². The molecule has 1 N–H and O–H groups in total. The molecule has 2 aromatic rings. The topological polar surface area (TPSA) is 76.5 Å². The highest BCUT2D eigenvalue weighted by atomic mass is 19.4. The summed E-state index contributed by atoms with van der Waals surface area (Å²) in [5, 5.41) is 6.49. The summed E-state index contributed by atoms with van der Waals surface area (Å²) in [6, 6.07) is 6.03. The number of ether oxygens (including phenoxy) is 1. The second kappa shape index (κ2) is 8.84. The highest BCUT2D eigenvalue weighted by Crippen LogP contribution is 2.34. The van der Waals surface area contributed by atoms with Crippen molar-refractivity contribution in [1.82, 2.24) is 20.0 Å². The van der Waals surface area contributed by atoms with Gasteiger partial charge in [-0.05, 0) is 52.7 Å². The average Bonchev–Trinajstić information content (AvgIpc) is 3.13. The van der Waals surface area contributed by atoms with Gasteiger partial charge in [0.2, 0.25) is 0 Å². The summed E-state index contributed by atoms with van der Waals surface area (Å²) >= 11 is 0. The molecule has 0 spiro atoms. The Hall–Kier alpha value is -3.04. The predicted octanol–water partition coefficient (Wildman–Crippen LogP) is 4.33. The number of aryl methyl sites for hydroxylation is 1. The average molecular weight is 452 g/mol. The van der Waals surface area contributed by atoms with Gasteiger partial charge in [0.15, 0.2) is 5.69 Å². The lowest BCUT2D eigenvalue weighted by Crippen LogP contribution is -2.48. The highest BCUT2D eigenvalue weighted by molar-refractivity contribution is 5.95. The Balaban J connectivity index is 1.71. The quantitative estimate of drug-likeness (QED) is 0.752. The molecule has 2 amide bonds. The number of likely N-dealkylation sites (tertiary alicyclic amines) is 1. The van der Waals surface area contributed by atoms with E-state index in [9.17, 15) is 22.8 Å². The smallest absolute Gasteiger partial charge is 0.434 e. The Labute approximate surface area is 184 Å². The number of rotatable bonds is 3. The monoisotopic (exact) mass is 452 g/mol. The molecule has 0 unspecified atom stereocenters. The summed E-state index contributed by atoms with van der Waals surface area (Å²) in [6.45, 7) is 7.82. The number of hydrogen-bond donors (Lipinski definition) is 1. The maximum absolute atomic E-state index is 13.8. The lowest BCUT2D eigenvalue weighted by molar-refractivity contribution is -0.143. The zero-order valence-corrected chi connectivity index (χ0v) is 18.5. The second-order valence-electron chi connectivity index (χ2n) is 8.87. The molecule has 2 heterocycles. The molecule has 1 saturated heterocycles. The Kier molecular flexibility index (Phi) is 6.52. The van der Waals surface area contributed by atoms with E-state index in [0.717, 1.165) is 16.4 Å². The van der Waals surface area contributed by atoms with Gasteiger partial charge in [-0.3, -0.25) is 4.79 Å². The first-order valence-electron chi connectivity index (χ1n) is 10.4. The van der Waals surface area contributed by atoms with Gasteiger partial charge in [0.25, 0.3) is 5.91 Å². The Bertz CT molecular complexity index is 970. The number of alkyl halides is 3. The molecule has 7 nitrogen and oxygen atoms in total. The van der Waals surface area contributed by atoms with E-state index < -0.39 is 35.0 Å². The number of amides is 2. The molecule has 1 fully saturated rings. The van der Waals surface area contributed by atoms with Crippen LogP contribution in [0.15, 0.2) is 30.5 Å². The van der Waals surface area contributed by atoms with Crippen molar-refractivity contribution in [3.8, 4) is 5.69 Å². The van der Waals surface area contributed by atoms with Gasteiger partial charge in [0.1, 0.15) is 5.60 Å². The summed E-state index contributed by atoms with van der Waals surface area (Å²) in [4.78, 5) is 26.4. The third-order valence-electron chi connectivity index (χ3n) is 5.04. The van der Waals surface area contributed by atoms with Crippen LogP contribution < -0.4 is 5.32 Å². The highest BCUT2D eigenvalue weighted by Gasteiger charge is 2.41. The zero-order valence-electron chi connectivity index (χ0n) is 18.5. The van der Waals surface area contributed by atoms with Crippen molar-refractivity contribution in [2.75, 3.05) is 13.1 Å².